The van der Waals surface area contributed by atoms with Crippen molar-refractivity contribution >= 4 is 0 Å². The van der Waals surface area contributed by atoms with E-state index in [0.29, 0.717) is 5.57 Å². The summed E-state index contributed by atoms with van der Waals surface area (Å²) in [5.74, 6) is 0. The molecule has 1 heterocycles. The molecular formula is C11H17NO6. The number of nitriles is 1. The third-order valence-corrected chi connectivity index (χ3v) is 2.67. The summed E-state index contributed by atoms with van der Waals surface area (Å²) in [4.78, 5) is 0. The molecule has 5 atom stereocenters. The zero-order valence-corrected chi connectivity index (χ0v) is 9.93. The molecular weight excluding hydrogens is 242 g/mol. The van der Waals surface area contributed by atoms with Crippen LogP contribution in [0.1, 0.15) is 6.92 Å². The van der Waals surface area contributed by atoms with Gasteiger partial charge in [0.15, 0.2) is 6.29 Å². The quantitative estimate of drug-likeness (QED) is 0.442. The second kappa shape index (κ2) is 6.80. The summed E-state index contributed by atoms with van der Waals surface area (Å²) in [6, 6.07) is 1.90. The van der Waals surface area contributed by atoms with E-state index in [0.717, 1.165) is 0 Å². The zero-order chi connectivity index (χ0) is 13.7. The van der Waals surface area contributed by atoms with Crippen LogP contribution in [0.2, 0.25) is 0 Å². The lowest BCUT2D eigenvalue weighted by atomic mass is 9.99. The molecule has 102 valence electrons. The van der Waals surface area contributed by atoms with Gasteiger partial charge in [0.1, 0.15) is 24.4 Å². The Morgan fingerprint density at radius 3 is 2.56 bits per heavy atom. The van der Waals surface area contributed by atoms with Crippen LogP contribution in [-0.2, 0) is 9.47 Å². The van der Waals surface area contributed by atoms with Gasteiger partial charge in [0.25, 0.3) is 0 Å². The van der Waals surface area contributed by atoms with Crippen LogP contribution < -0.4 is 0 Å². The van der Waals surface area contributed by atoms with Crippen molar-refractivity contribution in [1.82, 2.24) is 0 Å². The lowest BCUT2D eigenvalue weighted by Crippen LogP contribution is -2.59. The Kier molecular flexibility index (Phi) is 5.68. The van der Waals surface area contributed by atoms with Crippen molar-refractivity contribution in [3.05, 3.63) is 11.6 Å². The monoisotopic (exact) mass is 259 g/mol. The van der Waals surface area contributed by atoms with Crippen molar-refractivity contribution in [3.8, 4) is 6.07 Å². The predicted octanol–water partition coefficient (Wildman–Crippen LogP) is -1.73. The van der Waals surface area contributed by atoms with E-state index in [-0.39, 0.29) is 6.61 Å². The van der Waals surface area contributed by atoms with Crippen molar-refractivity contribution in [2.45, 2.75) is 37.6 Å². The van der Waals surface area contributed by atoms with Crippen LogP contribution in [0.4, 0.5) is 0 Å². The van der Waals surface area contributed by atoms with Gasteiger partial charge in [-0.2, -0.15) is 5.26 Å². The number of hydrogen-bond acceptors (Lipinski definition) is 7. The van der Waals surface area contributed by atoms with E-state index in [2.05, 4.69) is 0 Å². The highest BCUT2D eigenvalue weighted by Gasteiger charge is 2.43. The summed E-state index contributed by atoms with van der Waals surface area (Å²) >= 11 is 0. The predicted molar refractivity (Wildman–Crippen MR) is 59.1 cm³/mol. The third-order valence-electron chi connectivity index (χ3n) is 2.67. The van der Waals surface area contributed by atoms with Gasteiger partial charge in [-0.05, 0) is 13.0 Å². The topological polar surface area (TPSA) is 123 Å². The summed E-state index contributed by atoms with van der Waals surface area (Å²) in [6.45, 7) is 1.11. The molecule has 7 heteroatoms. The maximum Gasteiger partial charge on any atom is 0.187 e. The molecule has 0 aromatic carbocycles. The van der Waals surface area contributed by atoms with Gasteiger partial charge in [-0.1, -0.05) is 0 Å². The van der Waals surface area contributed by atoms with Gasteiger partial charge in [0, 0.05) is 5.57 Å². The Hall–Kier alpha value is -1.01. The first-order chi connectivity index (χ1) is 8.51. The molecule has 0 aromatic rings. The van der Waals surface area contributed by atoms with E-state index in [1.54, 1.807) is 6.92 Å². The molecule has 3 unspecified atom stereocenters. The second-order valence-corrected chi connectivity index (χ2v) is 4.03. The average molecular weight is 259 g/mol. The van der Waals surface area contributed by atoms with Crippen molar-refractivity contribution < 1.29 is 29.9 Å². The Balaban J connectivity index is 2.57. The number of nitrogens with zero attached hydrogens (tertiary/aromatic N) is 1. The maximum absolute atomic E-state index is 9.62. The average Bonchev–Trinajstić information content (AvgIpc) is 2.38. The first-order valence-electron chi connectivity index (χ1n) is 5.50. The molecule has 18 heavy (non-hydrogen) atoms. The van der Waals surface area contributed by atoms with Crippen LogP contribution in [-0.4, -0.2) is 64.3 Å². The molecule has 1 saturated heterocycles. The summed E-state index contributed by atoms with van der Waals surface area (Å²) < 4.78 is 10.2. The second-order valence-electron chi connectivity index (χ2n) is 4.03. The van der Waals surface area contributed by atoms with E-state index < -0.39 is 37.3 Å². The van der Waals surface area contributed by atoms with Gasteiger partial charge < -0.3 is 29.9 Å². The minimum atomic E-state index is -1.46. The molecule has 1 fully saturated rings. The molecule has 0 amide bonds. The third kappa shape index (κ3) is 3.49. The van der Waals surface area contributed by atoms with Crippen molar-refractivity contribution in [1.29, 1.82) is 5.26 Å². The van der Waals surface area contributed by atoms with Crippen LogP contribution in [0, 0.1) is 11.3 Å². The number of rotatable bonds is 4. The normalized spacial score (nSPS) is 37.3. The number of aliphatic hydroxyl groups is 4. The number of ether oxygens (including phenoxy) is 2. The first kappa shape index (κ1) is 15.0. The van der Waals surface area contributed by atoms with Crippen molar-refractivity contribution in [2.24, 2.45) is 0 Å². The van der Waals surface area contributed by atoms with Crippen LogP contribution in [0.3, 0.4) is 0 Å². The molecule has 0 spiro atoms. The minimum absolute atomic E-state index is 0.0160. The lowest BCUT2D eigenvalue weighted by Gasteiger charge is -2.39. The van der Waals surface area contributed by atoms with Gasteiger partial charge >= 0.3 is 0 Å². The van der Waals surface area contributed by atoms with Crippen molar-refractivity contribution in [3.63, 3.8) is 0 Å². The summed E-state index contributed by atoms with van der Waals surface area (Å²) in [6.07, 6.45) is -4.94. The van der Waals surface area contributed by atoms with Crippen LogP contribution >= 0.6 is 0 Å². The van der Waals surface area contributed by atoms with E-state index in [4.69, 9.17) is 19.8 Å². The fraction of sp³-hybridized carbons (Fsp3) is 0.727. The zero-order valence-electron chi connectivity index (χ0n) is 9.93. The van der Waals surface area contributed by atoms with E-state index in [1.165, 1.54) is 6.08 Å². The Bertz CT molecular complexity index is 337. The lowest BCUT2D eigenvalue weighted by molar-refractivity contribution is -0.298. The molecule has 7 nitrogen and oxygen atoms in total. The van der Waals surface area contributed by atoms with Gasteiger partial charge in [-0.3, -0.25) is 0 Å². The van der Waals surface area contributed by atoms with Gasteiger partial charge in [-0.15, -0.1) is 0 Å². The highest BCUT2D eigenvalue weighted by atomic mass is 16.7. The van der Waals surface area contributed by atoms with Gasteiger partial charge in [-0.25, -0.2) is 0 Å². The van der Waals surface area contributed by atoms with Crippen LogP contribution in [0.5, 0.6) is 0 Å². The SMILES string of the molecule is C/C(C#N)=C/COC1OC(CO)[C@@H](O)C(O)[C@H]1O. The first-order valence-corrected chi connectivity index (χ1v) is 5.50. The fourth-order valence-electron chi connectivity index (χ4n) is 1.52. The Labute approximate surface area is 104 Å². The summed E-state index contributed by atoms with van der Waals surface area (Å²) in [7, 11) is 0. The summed E-state index contributed by atoms with van der Waals surface area (Å²) in [5, 5.41) is 46.1. The van der Waals surface area contributed by atoms with E-state index in [9.17, 15) is 15.3 Å². The molecule has 0 radical (unpaired) electrons. The van der Waals surface area contributed by atoms with Crippen LogP contribution in [0.25, 0.3) is 0 Å². The molecule has 0 bridgehead atoms. The molecule has 4 N–H and O–H groups in total. The maximum atomic E-state index is 9.62. The molecule has 0 aliphatic carbocycles. The highest BCUT2D eigenvalue weighted by Crippen LogP contribution is 2.21. The largest absolute Gasteiger partial charge is 0.394 e. The smallest absolute Gasteiger partial charge is 0.187 e. The number of allylic oxidation sites excluding steroid dienone is 1. The highest BCUT2D eigenvalue weighted by molar-refractivity contribution is 5.17. The molecule has 1 rings (SSSR count). The van der Waals surface area contributed by atoms with Crippen molar-refractivity contribution in [2.75, 3.05) is 13.2 Å². The molecule has 0 aromatic heterocycles. The van der Waals surface area contributed by atoms with Gasteiger partial charge in [0.05, 0.1) is 19.3 Å². The van der Waals surface area contributed by atoms with E-state index in [1.807, 2.05) is 6.07 Å². The van der Waals surface area contributed by atoms with E-state index >= 15 is 0 Å². The standard InChI is InChI=1S/C11H17NO6/c1-6(4-12)2-3-17-11-10(16)9(15)8(14)7(5-13)18-11/h2,7-11,13-16H,3,5H2,1H3/b6-2-/t7?,8-,9?,10-,11?/m1/s1. The fourth-order valence-corrected chi connectivity index (χ4v) is 1.52. The Morgan fingerprint density at radius 1 is 1.33 bits per heavy atom. The molecule has 1 aliphatic rings. The molecule has 0 saturated carbocycles. The minimum Gasteiger partial charge on any atom is -0.394 e. The number of hydrogen-bond donors (Lipinski definition) is 4. The molecule has 1 aliphatic heterocycles. The summed E-state index contributed by atoms with van der Waals surface area (Å²) in [5.41, 5.74) is 0.444. The number of aliphatic hydroxyl groups excluding tert-OH is 4. The Morgan fingerprint density at radius 2 is 2.00 bits per heavy atom. The van der Waals surface area contributed by atoms with Gasteiger partial charge in [0.2, 0.25) is 0 Å². The van der Waals surface area contributed by atoms with Crippen LogP contribution in [0.15, 0.2) is 11.6 Å².